The summed E-state index contributed by atoms with van der Waals surface area (Å²) >= 11 is 6.17. The molecule has 0 aromatic carbocycles. The number of fused-ring (bicyclic) bond motifs is 1. The van der Waals surface area contributed by atoms with Crippen molar-refractivity contribution in [1.82, 2.24) is 29.8 Å². The van der Waals surface area contributed by atoms with Crippen molar-refractivity contribution in [3.63, 3.8) is 0 Å². The van der Waals surface area contributed by atoms with Gasteiger partial charge < -0.3 is 4.74 Å². The first kappa shape index (κ1) is 16.8. The summed E-state index contributed by atoms with van der Waals surface area (Å²) in [6.07, 6.45) is 9.52. The molecule has 0 unspecified atom stereocenters. The third-order valence-corrected chi connectivity index (χ3v) is 4.57. The van der Waals surface area contributed by atoms with Gasteiger partial charge >= 0.3 is 0 Å². The van der Waals surface area contributed by atoms with Crippen molar-refractivity contribution in [2.24, 2.45) is 0 Å². The molecule has 0 saturated heterocycles. The van der Waals surface area contributed by atoms with Gasteiger partial charge in [0.05, 0.1) is 18.4 Å². The van der Waals surface area contributed by atoms with Crippen molar-refractivity contribution in [2.45, 2.75) is 19.5 Å². The van der Waals surface area contributed by atoms with Crippen LogP contribution in [0.25, 0.3) is 11.4 Å². The second-order valence-electron chi connectivity index (χ2n) is 6.09. The molecule has 7 nitrogen and oxygen atoms in total. The molecule has 0 saturated carbocycles. The van der Waals surface area contributed by atoms with Crippen molar-refractivity contribution < 1.29 is 4.74 Å². The first-order chi connectivity index (χ1) is 12.7. The number of aromatic nitrogens is 5. The van der Waals surface area contributed by atoms with E-state index in [0.717, 1.165) is 48.4 Å². The van der Waals surface area contributed by atoms with Gasteiger partial charge in [-0.3, -0.25) is 4.90 Å². The van der Waals surface area contributed by atoms with Crippen LogP contribution in [-0.2, 0) is 19.5 Å². The molecule has 3 aromatic heterocycles. The predicted molar refractivity (Wildman–Crippen MR) is 96.7 cm³/mol. The van der Waals surface area contributed by atoms with Crippen molar-refractivity contribution in [2.75, 3.05) is 13.7 Å². The van der Waals surface area contributed by atoms with Crippen LogP contribution in [0.3, 0.4) is 0 Å². The number of methoxy groups -OCH3 is 1. The molecule has 4 heterocycles. The number of ether oxygens (including phenoxy) is 1. The Morgan fingerprint density at radius 3 is 2.77 bits per heavy atom. The van der Waals surface area contributed by atoms with Crippen LogP contribution < -0.4 is 4.74 Å². The maximum atomic E-state index is 6.17. The fourth-order valence-corrected chi connectivity index (χ4v) is 3.29. The third kappa shape index (κ3) is 3.49. The van der Waals surface area contributed by atoms with Gasteiger partial charge in [0.15, 0.2) is 5.82 Å². The molecule has 0 radical (unpaired) electrons. The molecular formula is C18H17ClN6O. The summed E-state index contributed by atoms with van der Waals surface area (Å²) in [6.45, 7) is 2.48. The highest BCUT2D eigenvalue weighted by Gasteiger charge is 2.19. The zero-order valence-corrected chi connectivity index (χ0v) is 15.0. The molecule has 4 rings (SSSR count). The first-order valence-corrected chi connectivity index (χ1v) is 8.61. The lowest BCUT2D eigenvalue weighted by Crippen LogP contribution is -2.31. The summed E-state index contributed by atoms with van der Waals surface area (Å²) in [7, 11) is 1.56. The van der Waals surface area contributed by atoms with Crippen LogP contribution in [-0.4, -0.2) is 43.5 Å². The van der Waals surface area contributed by atoms with Gasteiger partial charge in [-0.2, -0.15) is 0 Å². The van der Waals surface area contributed by atoms with E-state index in [4.69, 9.17) is 21.3 Å². The third-order valence-electron chi connectivity index (χ3n) is 4.30. The number of halogens is 1. The fourth-order valence-electron chi connectivity index (χ4n) is 3.02. The van der Waals surface area contributed by atoms with Gasteiger partial charge in [-0.1, -0.05) is 11.6 Å². The molecule has 0 amide bonds. The topological polar surface area (TPSA) is 76.9 Å². The minimum Gasteiger partial charge on any atom is -0.480 e. The largest absolute Gasteiger partial charge is 0.480 e. The molecule has 26 heavy (non-hydrogen) atoms. The normalized spacial score (nSPS) is 14.1. The van der Waals surface area contributed by atoms with E-state index in [1.54, 1.807) is 25.7 Å². The molecular weight excluding hydrogens is 352 g/mol. The van der Waals surface area contributed by atoms with Crippen LogP contribution in [0.15, 0.2) is 37.2 Å². The summed E-state index contributed by atoms with van der Waals surface area (Å²) in [5.41, 5.74) is 4.11. The molecule has 0 aliphatic carbocycles. The van der Waals surface area contributed by atoms with Gasteiger partial charge in [-0.15, -0.1) is 0 Å². The lowest BCUT2D eigenvalue weighted by atomic mass is 10.1. The number of nitrogens with zero attached hydrogens (tertiary/aromatic N) is 6. The average Bonchev–Trinajstić information content (AvgIpc) is 2.68. The van der Waals surface area contributed by atoms with Gasteiger partial charge in [-0.05, 0) is 11.6 Å². The van der Waals surface area contributed by atoms with E-state index in [1.807, 2.05) is 12.3 Å². The Bertz CT molecular complexity index is 921. The lowest BCUT2D eigenvalue weighted by Gasteiger charge is -2.28. The lowest BCUT2D eigenvalue weighted by molar-refractivity contribution is 0.242. The molecule has 0 fully saturated rings. The smallest absolute Gasteiger partial charge is 0.232 e. The summed E-state index contributed by atoms with van der Waals surface area (Å²) < 4.78 is 5.10. The molecule has 3 aromatic rings. The number of rotatable bonds is 4. The Morgan fingerprint density at radius 1 is 1.15 bits per heavy atom. The quantitative estimate of drug-likeness (QED) is 0.700. The standard InChI is InChI=1S/C18H17ClN6O/c1-26-18-15(19)4-12(5-23-18)9-25-3-2-16-14(10-25)8-22-17(24-16)13-6-20-11-21-7-13/h4-8,11H,2-3,9-10H2,1H3. The summed E-state index contributed by atoms with van der Waals surface area (Å²) in [5.74, 6) is 1.12. The van der Waals surface area contributed by atoms with Crippen LogP contribution in [0.2, 0.25) is 5.02 Å². The maximum absolute atomic E-state index is 6.17. The molecule has 0 bridgehead atoms. The Hall–Kier alpha value is -2.64. The molecule has 132 valence electrons. The van der Waals surface area contributed by atoms with Crippen LogP contribution in [0, 0.1) is 0 Å². The first-order valence-electron chi connectivity index (χ1n) is 8.24. The Morgan fingerprint density at radius 2 is 2.00 bits per heavy atom. The van der Waals surface area contributed by atoms with E-state index in [1.165, 1.54) is 6.33 Å². The molecule has 0 spiro atoms. The van der Waals surface area contributed by atoms with Gasteiger partial charge in [0.2, 0.25) is 5.88 Å². The minimum atomic E-state index is 0.449. The number of hydrogen-bond donors (Lipinski definition) is 0. The maximum Gasteiger partial charge on any atom is 0.232 e. The molecule has 1 aliphatic heterocycles. The number of hydrogen-bond acceptors (Lipinski definition) is 7. The molecule has 1 aliphatic rings. The van der Waals surface area contributed by atoms with Crippen molar-refractivity contribution in [1.29, 1.82) is 0 Å². The monoisotopic (exact) mass is 368 g/mol. The summed E-state index contributed by atoms with van der Waals surface area (Å²) in [4.78, 5) is 23.8. The highest BCUT2D eigenvalue weighted by atomic mass is 35.5. The van der Waals surface area contributed by atoms with Crippen LogP contribution in [0.5, 0.6) is 5.88 Å². The van der Waals surface area contributed by atoms with E-state index < -0.39 is 0 Å². The molecule has 0 N–H and O–H groups in total. The SMILES string of the molecule is COc1ncc(CN2CCc3nc(-c4cncnc4)ncc3C2)cc1Cl. The zero-order valence-electron chi connectivity index (χ0n) is 14.3. The average molecular weight is 369 g/mol. The zero-order chi connectivity index (χ0) is 17.9. The highest BCUT2D eigenvalue weighted by molar-refractivity contribution is 6.31. The Kier molecular flexibility index (Phi) is 4.73. The van der Waals surface area contributed by atoms with E-state index in [9.17, 15) is 0 Å². The van der Waals surface area contributed by atoms with Gasteiger partial charge in [0.25, 0.3) is 0 Å². The van der Waals surface area contributed by atoms with E-state index >= 15 is 0 Å². The second kappa shape index (κ2) is 7.31. The molecule has 8 heteroatoms. The second-order valence-corrected chi connectivity index (χ2v) is 6.50. The van der Waals surface area contributed by atoms with Crippen molar-refractivity contribution in [3.8, 4) is 17.3 Å². The Labute approximate surface area is 156 Å². The number of pyridine rings is 1. The minimum absolute atomic E-state index is 0.449. The molecule has 0 atom stereocenters. The predicted octanol–water partition coefficient (Wildman–Crippen LogP) is 2.55. The summed E-state index contributed by atoms with van der Waals surface area (Å²) in [5, 5.41) is 0.528. The van der Waals surface area contributed by atoms with Gasteiger partial charge in [-0.25, -0.2) is 24.9 Å². The highest BCUT2D eigenvalue weighted by Crippen LogP contribution is 2.25. The van der Waals surface area contributed by atoms with Gasteiger partial charge in [0, 0.05) is 56.4 Å². The van der Waals surface area contributed by atoms with Crippen LogP contribution in [0.1, 0.15) is 16.8 Å². The van der Waals surface area contributed by atoms with E-state index in [-0.39, 0.29) is 0 Å². The van der Waals surface area contributed by atoms with E-state index in [2.05, 4.69) is 24.8 Å². The van der Waals surface area contributed by atoms with Crippen LogP contribution >= 0.6 is 11.6 Å². The van der Waals surface area contributed by atoms with Crippen molar-refractivity contribution >= 4 is 11.6 Å². The fraction of sp³-hybridized carbons (Fsp3) is 0.278. The van der Waals surface area contributed by atoms with Crippen molar-refractivity contribution in [3.05, 3.63) is 59.0 Å². The summed E-state index contributed by atoms with van der Waals surface area (Å²) in [6, 6.07) is 1.90. The Balaban J connectivity index is 1.49. The van der Waals surface area contributed by atoms with E-state index in [0.29, 0.717) is 16.7 Å². The van der Waals surface area contributed by atoms with Gasteiger partial charge in [0.1, 0.15) is 11.3 Å². The van der Waals surface area contributed by atoms with Crippen LogP contribution in [0.4, 0.5) is 0 Å².